The Morgan fingerprint density at radius 2 is 1.84 bits per heavy atom. The summed E-state index contributed by atoms with van der Waals surface area (Å²) in [4.78, 5) is 25.0. The van der Waals surface area contributed by atoms with Crippen molar-refractivity contribution in [2.24, 2.45) is 5.92 Å². The Morgan fingerprint density at radius 1 is 1.11 bits per heavy atom. The number of furan rings is 1. The Kier molecular flexibility index (Phi) is 9.29. The summed E-state index contributed by atoms with van der Waals surface area (Å²) in [6, 6.07) is 13.3. The van der Waals surface area contributed by atoms with Crippen LogP contribution in [0.3, 0.4) is 0 Å². The number of hydrogen-bond donors (Lipinski definition) is 2. The van der Waals surface area contributed by atoms with Crippen molar-refractivity contribution < 1.29 is 28.6 Å². The summed E-state index contributed by atoms with van der Waals surface area (Å²) in [6.45, 7) is 3.30. The van der Waals surface area contributed by atoms with E-state index in [1.807, 2.05) is 30.3 Å². The lowest BCUT2D eigenvalue weighted by molar-refractivity contribution is -0.137. The maximum atomic E-state index is 12.7. The average molecular weight is 523 g/mol. The van der Waals surface area contributed by atoms with Gasteiger partial charge in [0.2, 0.25) is 0 Å². The van der Waals surface area contributed by atoms with Crippen LogP contribution in [0.25, 0.3) is 11.0 Å². The van der Waals surface area contributed by atoms with Crippen molar-refractivity contribution in [1.29, 1.82) is 0 Å². The Morgan fingerprint density at radius 3 is 2.53 bits per heavy atom. The zero-order valence-electron chi connectivity index (χ0n) is 22.5. The number of benzene rings is 2. The number of aliphatic carboxylic acids is 1. The first-order valence-electron chi connectivity index (χ1n) is 13.4. The van der Waals surface area contributed by atoms with Crippen molar-refractivity contribution in [1.82, 2.24) is 4.90 Å². The van der Waals surface area contributed by atoms with E-state index in [4.69, 9.17) is 19.0 Å². The second-order valence-electron chi connectivity index (χ2n) is 10.1. The topological polar surface area (TPSA) is 101 Å². The fourth-order valence-corrected chi connectivity index (χ4v) is 5.19. The fourth-order valence-electron chi connectivity index (χ4n) is 5.19. The molecule has 1 saturated carbocycles. The molecule has 38 heavy (non-hydrogen) atoms. The van der Waals surface area contributed by atoms with Crippen LogP contribution in [0.4, 0.5) is 5.69 Å². The van der Waals surface area contributed by atoms with Gasteiger partial charge in [-0.05, 0) is 68.1 Å². The van der Waals surface area contributed by atoms with Crippen LogP contribution in [0, 0.1) is 12.8 Å². The monoisotopic (exact) mass is 522 g/mol. The summed E-state index contributed by atoms with van der Waals surface area (Å²) in [5.41, 5.74) is 3.38. The molecular formula is C30H38N2O6. The van der Waals surface area contributed by atoms with Gasteiger partial charge in [-0.15, -0.1) is 0 Å². The first-order valence-corrected chi connectivity index (χ1v) is 13.4. The molecule has 1 aromatic heterocycles. The van der Waals surface area contributed by atoms with Gasteiger partial charge in [0, 0.05) is 42.9 Å². The van der Waals surface area contributed by atoms with Gasteiger partial charge in [-0.25, -0.2) is 0 Å². The van der Waals surface area contributed by atoms with E-state index >= 15 is 0 Å². The van der Waals surface area contributed by atoms with Crippen LogP contribution in [0.2, 0.25) is 0 Å². The SMILES string of the molecule is COCCOc1ccc2oc(C(Nc3ccc(C(=O)N(C)CCC(=O)O)cc3)C3CCCCC3)c(C)c2c1. The van der Waals surface area contributed by atoms with Crippen LogP contribution in [-0.2, 0) is 9.53 Å². The predicted octanol–water partition coefficient (Wildman–Crippen LogP) is 6.05. The van der Waals surface area contributed by atoms with Crippen LogP contribution in [0.15, 0.2) is 46.9 Å². The predicted molar refractivity (Wildman–Crippen MR) is 147 cm³/mol. The molecule has 1 amide bonds. The minimum absolute atomic E-state index is 0.000325. The molecule has 0 aliphatic heterocycles. The molecule has 8 heteroatoms. The highest BCUT2D eigenvalue weighted by atomic mass is 16.5. The van der Waals surface area contributed by atoms with Gasteiger partial charge in [0.25, 0.3) is 5.91 Å². The Bertz CT molecular complexity index is 1230. The number of ether oxygens (including phenoxy) is 2. The van der Waals surface area contributed by atoms with E-state index in [2.05, 4.69) is 12.2 Å². The molecule has 0 saturated heterocycles. The minimum atomic E-state index is -0.923. The Balaban J connectivity index is 1.56. The first kappa shape index (κ1) is 27.5. The average Bonchev–Trinajstić information content (AvgIpc) is 3.26. The lowest BCUT2D eigenvalue weighted by atomic mass is 9.82. The van der Waals surface area contributed by atoms with Crippen molar-refractivity contribution in [3.05, 3.63) is 59.4 Å². The van der Waals surface area contributed by atoms with Crippen molar-refractivity contribution in [2.45, 2.75) is 51.5 Å². The van der Waals surface area contributed by atoms with Gasteiger partial charge in [-0.3, -0.25) is 9.59 Å². The lowest BCUT2D eigenvalue weighted by Crippen LogP contribution is -2.29. The zero-order valence-corrected chi connectivity index (χ0v) is 22.5. The van der Waals surface area contributed by atoms with E-state index < -0.39 is 5.97 Å². The summed E-state index contributed by atoms with van der Waals surface area (Å²) in [5.74, 6) is 1.05. The van der Waals surface area contributed by atoms with Crippen LogP contribution in [0.5, 0.6) is 5.75 Å². The molecule has 3 aromatic rings. The number of carbonyl (C=O) groups is 2. The third kappa shape index (κ3) is 6.67. The number of fused-ring (bicyclic) bond motifs is 1. The molecule has 2 N–H and O–H groups in total. The number of nitrogens with zero attached hydrogens (tertiary/aromatic N) is 1. The number of anilines is 1. The minimum Gasteiger partial charge on any atom is -0.491 e. The molecule has 1 aliphatic carbocycles. The van der Waals surface area contributed by atoms with E-state index in [1.165, 1.54) is 24.2 Å². The number of carboxylic acids is 1. The molecule has 0 radical (unpaired) electrons. The number of carbonyl (C=O) groups excluding carboxylic acids is 1. The van der Waals surface area contributed by atoms with Crippen molar-refractivity contribution >= 4 is 28.5 Å². The summed E-state index contributed by atoms with van der Waals surface area (Å²) in [6.07, 6.45) is 5.85. The first-order chi connectivity index (χ1) is 18.4. The number of rotatable bonds is 12. The van der Waals surface area contributed by atoms with E-state index in [9.17, 15) is 9.59 Å². The number of methoxy groups -OCH3 is 1. The van der Waals surface area contributed by atoms with Gasteiger partial charge in [-0.2, -0.15) is 0 Å². The van der Waals surface area contributed by atoms with Gasteiger partial charge in [-0.1, -0.05) is 19.3 Å². The third-order valence-corrected chi connectivity index (χ3v) is 7.37. The van der Waals surface area contributed by atoms with E-state index in [1.54, 1.807) is 26.3 Å². The van der Waals surface area contributed by atoms with Crippen LogP contribution >= 0.6 is 0 Å². The second-order valence-corrected chi connectivity index (χ2v) is 10.1. The number of carboxylic acid groups (broad SMARTS) is 1. The van der Waals surface area contributed by atoms with Gasteiger partial charge in [0.15, 0.2) is 0 Å². The Labute approximate surface area is 223 Å². The maximum Gasteiger partial charge on any atom is 0.305 e. The van der Waals surface area contributed by atoms with E-state index in [0.717, 1.165) is 46.6 Å². The molecule has 0 bridgehead atoms. The fraction of sp³-hybridized carbons (Fsp3) is 0.467. The van der Waals surface area contributed by atoms with E-state index in [0.29, 0.717) is 24.7 Å². The molecule has 1 aliphatic rings. The molecule has 1 unspecified atom stereocenters. The smallest absolute Gasteiger partial charge is 0.305 e. The number of aryl methyl sites for hydroxylation is 1. The summed E-state index contributed by atoms with van der Waals surface area (Å²) in [7, 11) is 3.28. The van der Waals surface area contributed by atoms with Crippen molar-refractivity contribution in [3.63, 3.8) is 0 Å². The quantitative estimate of drug-likeness (QED) is 0.279. The number of nitrogens with one attached hydrogen (secondary N) is 1. The highest BCUT2D eigenvalue weighted by Gasteiger charge is 2.30. The van der Waals surface area contributed by atoms with Crippen LogP contribution < -0.4 is 10.1 Å². The lowest BCUT2D eigenvalue weighted by Gasteiger charge is -2.31. The Hall–Kier alpha value is -3.52. The van der Waals surface area contributed by atoms with E-state index in [-0.39, 0.29) is 24.9 Å². The van der Waals surface area contributed by atoms with Crippen molar-refractivity contribution in [3.8, 4) is 5.75 Å². The standard InChI is InChI=1S/C30H38N2O6/c1-20-25-19-24(37-18-17-36-3)13-14-26(25)38-29(20)28(21-7-5-4-6-8-21)31-23-11-9-22(10-12-23)30(35)32(2)16-15-27(33)34/h9-14,19,21,28,31H,4-8,15-18H2,1-3H3,(H,33,34). The van der Waals surface area contributed by atoms with Gasteiger partial charge < -0.3 is 29.2 Å². The highest BCUT2D eigenvalue weighted by molar-refractivity contribution is 5.94. The van der Waals surface area contributed by atoms with Crippen LogP contribution in [0.1, 0.15) is 66.2 Å². The molecule has 4 rings (SSSR count). The van der Waals surface area contributed by atoms with Crippen LogP contribution in [-0.4, -0.2) is 55.8 Å². The maximum absolute atomic E-state index is 12.7. The normalized spacial score (nSPS) is 14.8. The highest BCUT2D eigenvalue weighted by Crippen LogP contribution is 2.41. The largest absolute Gasteiger partial charge is 0.491 e. The summed E-state index contributed by atoms with van der Waals surface area (Å²) >= 11 is 0. The second kappa shape index (κ2) is 12.8. The number of amides is 1. The van der Waals surface area contributed by atoms with Gasteiger partial charge in [0.05, 0.1) is 19.1 Å². The summed E-state index contributed by atoms with van der Waals surface area (Å²) < 4.78 is 17.4. The van der Waals surface area contributed by atoms with Gasteiger partial charge >= 0.3 is 5.97 Å². The third-order valence-electron chi connectivity index (χ3n) is 7.37. The molecule has 204 valence electrons. The molecule has 1 atom stereocenters. The molecule has 8 nitrogen and oxygen atoms in total. The molecule has 0 spiro atoms. The number of hydrogen-bond acceptors (Lipinski definition) is 6. The van der Waals surface area contributed by atoms with Gasteiger partial charge in [0.1, 0.15) is 23.7 Å². The molecule has 2 aromatic carbocycles. The summed E-state index contributed by atoms with van der Waals surface area (Å²) in [5, 5.41) is 13.7. The van der Waals surface area contributed by atoms with Crippen molar-refractivity contribution in [2.75, 3.05) is 39.2 Å². The zero-order chi connectivity index (χ0) is 27.1. The molecule has 1 heterocycles. The molecule has 1 fully saturated rings. The molecular weight excluding hydrogens is 484 g/mol.